The van der Waals surface area contributed by atoms with Crippen LogP contribution in [0.1, 0.15) is 27.9 Å². The van der Waals surface area contributed by atoms with Crippen molar-refractivity contribution in [1.29, 1.82) is 10.5 Å². The van der Waals surface area contributed by atoms with E-state index >= 15 is 0 Å². The Morgan fingerprint density at radius 3 is 2.38 bits per heavy atom. The van der Waals surface area contributed by atoms with Gasteiger partial charge in [0.15, 0.2) is 0 Å². The molecule has 5 nitrogen and oxygen atoms in total. The second-order valence-electron chi connectivity index (χ2n) is 4.55. The van der Waals surface area contributed by atoms with Gasteiger partial charge >= 0.3 is 0 Å². The van der Waals surface area contributed by atoms with E-state index in [1.807, 2.05) is 12.1 Å². The van der Waals surface area contributed by atoms with Crippen LogP contribution < -0.4 is 5.56 Å². The van der Waals surface area contributed by atoms with Gasteiger partial charge in [-0.2, -0.15) is 15.6 Å². The predicted octanol–water partition coefficient (Wildman–Crippen LogP) is 2.09. The Hall–Kier alpha value is -3.18. The molecule has 0 bridgehead atoms. The quantitative estimate of drug-likeness (QED) is 0.787. The fourth-order valence-corrected chi connectivity index (χ4v) is 1.93. The van der Waals surface area contributed by atoms with Crippen molar-refractivity contribution >= 4 is 6.21 Å². The van der Waals surface area contributed by atoms with Crippen molar-refractivity contribution in [3.8, 4) is 12.1 Å². The molecular formula is C16H12N4O. The van der Waals surface area contributed by atoms with Crippen molar-refractivity contribution in [1.82, 2.24) is 4.68 Å². The Balaban J connectivity index is 2.44. The van der Waals surface area contributed by atoms with E-state index in [2.05, 4.69) is 5.10 Å². The molecule has 21 heavy (non-hydrogen) atoms. The van der Waals surface area contributed by atoms with Crippen molar-refractivity contribution in [2.24, 2.45) is 5.10 Å². The van der Waals surface area contributed by atoms with Crippen molar-refractivity contribution < 1.29 is 0 Å². The van der Waals surface area contributed by atoms with E-state index in [4.69, 9.17) is 10.5 Å². The molecule has 2 aromatic rings. The minimum atomic E-state index is -0.431. The molecule has 0 saturated heterocycles. The number of aryl methyl sites for hydroxylation is 2. The minimum absolute atomic E-state index is 0.0950. The lowest BCUT2D eigenvalue weighted by molar-refractivity contribution is 0.786. The fraction of sp³-hybridized carbons (Fsp3) is 0.125. The van der Waals surface area contributed by atoms with E-state index in [1.165, 1.54) is 10.9 Å². The average molecular weight is 276 g/mol. The zero-order valence-corrected chi connectivity index (χ0v) is 11.7. The molecule has 0 amide bonds. The van der Waals surface area contributed by atoms with Gasteiger partial charge in [0.25, 0.3) is 5.56 Å². The maximum absolute atomic E-state index is 12.1. The Kier molecular flexibility index (Phi) is 3.97. The van der Waals surface area contributed by atoms with E-state index in [0.717, 1.165) is 5.56 Å². The highest BCUT2D eigenvalue weighted by atomic mass is 16.1. The molecule has 5 heteroatoms. The SMILES string of the molecule is Cc1cc(C)n(/N=C\c2ccc(C#N)cc2)c(=O)c1C#N. The van der Waals surface area contributed by atoms with Crippen LogP contribution in [0.15, 0.2) is 40.2 Å². The third-order valence-corrected chi connectivity index (χ3v) is 3.03. The summed E-state index contributed by atoms with van der Waals surface area (Å²) in [4.78, 5) is 12.1. The van der Waals surface area contributed by atoms with Crippen LogP contribution in [0.25, 0.3) is 0 Å². The molecule has 1 aromatic carbocycles. The highest BCUT2D eigenvalue weighted by molar-refractivity contribution is 5.79. The third-order valence-electron chi connectivity index (χ3n) is 3.03. The molecule has 0 aliphatic carbocycles. The zero-order chi connectivity index (χ0) is 15.4. The van der Waals surface area contributed by atoms with Crippen LogP contribution in [0.4, 0.5) is 0 Å². The molecule has 0 radical (unpaired) electrons. The molecule has 0 saturated carbocycles. The molecule has 0 N–H and O–H groups in total. The van der Waals surface area contributed by atoms with Crippen LogP contribution in [0.3, 0.4) is 0 Å². The number of aromatic nitrogens is 1. The zero-order valence-electron chi connectivity index (χ0n) is 11.7. The monoisotopic (exact) mass is 276 g/mol. The minimum Gasteiger partial charge on any atom is -0.266 e. The molecule has 1 aromatic heterocycles. The second kappa shape index (κ2) is 5.85. The predicted molar refractivity (Wildman–Crippen MR) is 79.0 cm³/mol. The molecule has 102 valence electrons. The first-order chi connectivity index (χ1) is 10.1. The van der Waals surface area contributed by atoms with Crippen molar-refractivity contribution in [2.45, 2.75) is 13.8 Å². The third kappa shape index (κ3) is 2.88. The van der Waals surface area contributed by atoms with Gasteiger partial charge in [-0.25, -0.2) is 4.68 Å². The highest BCUT2D eigenvalue weighted by Crippen LogP contribution is 2.06. The van der Waals surface area contributed by atoms with E-state index in [1.54, 1.807) is 44.2 Å². The largest absolute Gasteiger partial charge is 0.289 e. The van der Waals surface area contributed by atoms with Crippen molar-refractivity contribution in [2.75, 3.05) is 0 Å². The van der Waals surface area contributed by atoms with Gasteiger partial charge in [-0.3, -0.25) is 4.79 Å². The first-order valence-electron chi connectivity index (χ1n) is 6.24. The van der Waals surface area contributed by atoms with Gasteiger partial charge < -0.3 is 0 Å². The molecule has 0 fully saturated rings. The summed E-state index contributed by atoms with van der Waals surface area (Å²) in [6, 6.07) is 12.5. The number of nitriles is 2. The molecule has 0 atom stereocenters. The standard InChI is InChI=1S/C16H12N4O/c1-11-7-12(2)20(16(21)15(11)9-18)19-10-14-5-3-13(8-17)4-6-14/h3-7,10H,1-2H3/b19-10-. The first-order valence-corrected chi connectivity index (χ1v) is 6.24. The van der Waals surface area contributed by atoms with Gasteiger partial charge in [-0.15, -0.1) is 0 Å². The number of nitrogens with zero attached hydrogens (tertiary/aromatic N) is 4. The number of benzene rings is 1. The summed E-state index contributed by atoms with van der Waals surface area (Å²) in [7, 11) is 0. The number of hydrogen-bond donors (Lipinski definition) is 0. The molecular weight excluding hydrogens is 264 g/mol. The molecule has 2 rings (SSSR count). The van der Waals surface area contributed by atoms with Gasteiger partial charge in [0.1, 0.15) is 11.6 Å². The van der Waals surface area contributed by atoms with Crippen molar-refractivity contribution in [3.63, 3.8) is 0 Å². The summed E-state index contributed by atoms with van der Waals surface area (Å²) in [6.45, 7) is 3.48. The Morgan fingerprint density at radius 1 is 1.14 bits per heavy atom. The Bertz CT molecular complexity index is 846. The summed E-state index contributed by atoms with van der Waals surface area (Å²) in [5.41, 5.74) is 2.28. The maximum Gasteiger partial charge on any atom is 0.289 e. The number of pyridine rings is 1. The van der Waals surface area contributed by atoms with Crippen LogP contribution in [-0.4, -0.2) is 10.9 Å². The van der Waals surface area contributed by atoms with E-state index < -0.39 is 5.56 Å². The van der Waals surface area contributed by atoms with Crippen LogP contribution in [0.5, 0.6) is 0 Å². The topological polar surface area (TPSA) is 81.9 Å². The van der Waals surface area contributed by atoms with Gasteiger partial charge in [0, 0.05) is 5.69 Å². The smallest absolute Gasteiger partial charge is 0.266 e. The molecule has 1 heterocycles. The van der Waals surface area contributed by atoms with Crippen LogP contribution in [0.2, 0.25) is 0 Å². The average Bonchev–Trinajstić information content (AvgIpc) is 2.47. The first kappa shape index (κ1) is 14.2. The highest BCUT2D eigenvalue weighted by Gasteiger charge is 2.08. The van der Waals surface area contributed by atoms with E-state index in [0.29, 0.717) is 16.8 Å². The number of hydrogen-bond acceptors (Lipinski definition) is 4. The summed E-state index contributed by atoms with van der Waals surface area (Å²) in [5.74, 6) is 0. The summed E-state index contributed by atoms with van der Waals surface area (Å²) < 4.78 is 1.20. The summed E-state index contributed by atoms with van der Waals surface area (Å²) in [6.07, 6.45) is 1.52. The van der Waals surface area contributed by atoms with Crippen LogP contribution in [0, 0.1) is 36.5 Å². The lowest BCUT2D eigenvalue weighted by Gasteiger charge is -2.06. The summed E-state index contributed by atoms with van der Waals surface area (Å²) in [5, 5.41) is 21.9. The van der Waals surface area contributed by atoms with Gasteiger partial charge in [0.2, 0.25) is 0 Å². The Morgan fingerprint density at radius 2 is 1.81 bits per heavy atom. The normalized spacial score (nSPS) is 10.3. The van der Waals surface area contributed by atoms with Crippen LogP contribution in [-0.2, 0) is 0 Å². The molecule has 0 unspecified atom stereocenters. The lowest BCUT2D eigenvalue weighted by Crippen LogP contribution is -2.22. The Labute approximate surface area is 122 Å². The molecule has 0 aliphatic heterocycles. The lowest BCUT2D eigenvalue weighted by atomic mass is 10.1. The second-order valence-corrected chi connectivity index (χ2v) is 4.55. The summed E-state index contributed by atoms with van der Waals surface area (Å²) >= 11 is 0. The maximum atomic E-state index is 12.1. The van der Waals surface area contributed by atoms with E-state index in [-0.39, 0.29) is 5.56 Å². The van der Waals surface area contributed by atoms with Gasteiger partial charge in [-0.05, 0) is 43.2 Å². The fourth-order valence-electron chi connectivity index (χ4n) is 1.93. The van der Waals surface area contributed by atoms with Crippen LogP contribution >= 0.6 is 0 Å². The van der Waals surface area contributed by atoms with Crippen molar-refractivity contribution in [3.05, 3.63) is 68.6 Å². The molecule has 0 aliphatic rings. The number of rotatable bonds is 2. The van der Waals surface area contributed by atoms with E-state index in [9.17, 15) is 4.79 Å². The van der Waals surface area contributed by atoms with Gasteiger partial charge in [0.05, 0.1) is 17.8 Å². The molecule has 0 spiro atoms. The van der Waals surface area contributed by atoms with Gasteiger partial charge in [-0.1, -0.05) is 12.1 Å².